The van der Waals surface area contributed by atoms with Gasteiger partial charge < -0.3 is 14.5 Å². The number of aryl methyl sites for hydroxylation is 1. The summed E-state index contributed by atoms with van der Waals surface area (Å²) in [5, 5.41) is 5.86. The van der Waals surface area contributed by atoms with Gasteiger partial charge in [0.25, 0.3) is 5.91 Å². The van der Waals surface area contributed by atoms with E-state index in [9.17, 15) is 9.59 Å². The number of fused-ring (bicyclic) bond motifs is 1. The molecule has 0 saturated carbocycles. The average molecular weight is 586 g/mol. The van der Waals surface area contributed by atoms with Gasteiger partial charge in [0, 0.05) is 27.1 Å². The van der Waals surface area contributed by atoms with Crippen LogP contribution in [0.5, 0.6) is 11.5 Å². The highest BCUT2D eigenvalue weighted by Crippen LogP contribution is 2.37. The Morgan fingerprint density at radius 3 is 2.44 bits per heavy atom. The molecule has 41 heavy (non-hydrogen) atoms. The van der Waals surface area contributed by atoms with Crippen LogP contribution in [0.1, 0.15) is 38.9 Å². The number of hydrogen-bond donors (Lipinski definition) is 2. The molecule has 1 amide bonds. The number of halogens is 2. The Morgan fingerprint density at radius 2 is 1.68 bits per heavy atom. The van der Waals surface area contributed by atoms with Gasteiger partial charge in [0.05, 0.1) is 23.4 Å². The number of aromatic amines is 1. The first-order valence-corrected chi connectivity index (χ1v) is 13.6. The fourth-order valence-electron chi connectivity index (χ4n) is 4.38. The van der Waals surface area contributed by atoms with Crippen LogP contribution in [0.2, 0.25) is 10.0 Å². The summed E-state index contributed by atoms with van der Waals surface area (Å²) in [5.41, 5.74) is 7.10. The van der Waals surface area contributed by atoms with Crippen LogP contribution in [0.25, 0.3) is 22.0 Å². The topological polar surface area (TPSA) is 92.8 Å². The van der Waals surface area contributed by atoms with Crippen LogP contribution in [0.3, 0.4) is 0 Å². The van der Waals surface area contributed by atoms with Crippen LogP contribution in [0.4, 0.5) is 0 Å². The van der Waals surface area contributed by atoms with E-state index < -0.39 is 11.9 Å². The molecule has 1 heterocycles. The monoisotopic (exact) mass is 585 g/mol. The number of ether oxygens (including phenoxy) is 2. The van der Waals surface area contributed by atoms with Crippen molar-refractivity contribution in [3.63, 3.8) is 0 Å². The molecule has 0 aliphatic carbocycles. The Bertz CT molecular complexity index is 1800. The van der Waals surface area contributed by atoms with Crippen molar-refractivity contribution in [1.29, 1.82) is 0 Å². The lowest BCUT2D eigenvalue weighted by Gasteiger charge is -2.12. The van der Waals surface area contributed by atoms with E-state index in [1.807, 2.05) is 50.2 Å². The maximum Gasteiger partial charge on any atom is 0.345 e. The minimum absolute atomic E-state index is 0.232. The largest absolute Gasteiger partial charge is 0.490 e. The van der Waals surface area contributed by atoms with Gasteiger partial charge in [-0.3, -0.25) is 4.79 Å². The van der Waals surface area contributed by atoms with E-state index in [4.69, 9.17) is 32.7 Å². The van der Waals surface area contributed by atoms with E-state index in [0.29, 0.717) is 34.2 Å². The van der Waals surface area contributed by atoms with Crippen molar-refractivity contribution in [3.05, 3.63) is 117 Å². The third kappa shape index (κ3) is 6.11. The zero-order chi connectivity index (χ0) is 28.9. The maximum atomic E-state index is 13.3. The highest BCUT2D eigenvalue weighted by molar-refractivity contribution is 6.34. The van der Waals surface area contributed by atoms with Crippen LogP contribution in [0.15, 0.2) is 90.0 Å². The predicted molar refractivity (Wildman–Crippen MR) is 163 cm³/mol. The highest BCUT2D eigenvalue weighted by atomic mass is 35.5. The Labute approximate surface area is 246 Å². The van der Waals surface area contributed by atoms with Crippen LogP contribution in [-0.4, -0.2) is 29.7 Å². The summed E-state index contributed by atoms with van der Waals surface area (Å²) in [7, 11) is 0. The van der Waals surface area contributed by atoms with Crippen molar-refractivity contribution in [2.24, 2.45) is 5.10 Å². The van der Waals surface area contributed by atoms with Gasteiger partial charge in [-0.2, -0.15) is 5.10 Å². The van der Waals surface area contributed by atoms with Crippen LogP contribution in [-0.2, 0) is 0 Å². The van der Waals surface area contributed by atoms with E-state index in [1.54, 1.807) is 48.5 Å². The molecule has 0 saturated heterocycles. The summed E-state index contributed by atoms with van der Waals surface area (Å²) in [4.78, 5) is 29.2. The Hall–Kier alpha value is -4.59. The second-order valence-corrected chi connectivity index (χ2v) is 9.93. The summed E-state index contributed by atoms with van der Waals surface area (Å²) < 4.78 is 11.2. The van der Waals surface area contributed by atoms with E-state index in [0.717, 1.165) is 22.0 Å². The van der Waals surface area contributed by atoms with Gasteiger partial charge >= 0.3 is 5.97 Å². The van der Waals surface area contributed by atoms with E-state index in [1.165, 1.54) is 6.21 Å². The Kier molecular flexibility index (Phi) is 8.38. The molecule has 0 radical (unpaired) electrons. The van der Waals surface area contributed by atoms with Gasteiger partial charge in [-0.15, -0.1) is 0 Å². The molecule has 2 N–H and O–H groups in total. The molecule has 0 aliphatic rings. The molecule has 5 aromatic rings. The van der Waals surface area contributed by atoms with Gasteiger partial charge in [0.2, 0.25) is 0 Å². The fraction of sp³-hybridized carbons (Fsp3) is 0.0938. The number of esters is 1. The summed E-state index contributed by atoms with van der Waals surface area (Å²) in [6.07, 6.45) is 1.47. The lowest BCUT2D eigenvalue weighted by atomic mass is 10.0. The SMILES string of the molecule is CCOc1cc(C=NNC(=O)c2[nH]c3ccc(C)cc3c2-c2ccccc2Cl)ccc1OC(=O)c1ccccc1Cl. The molecule has 0 fully saturated rings. The van der Waals surface area contributed by atoms with Crippen molar-refractivity contribution in [2.75, 3.05) is 6.61 Å². The molecule has 0 aliphatic heterocycles. The van der Waals surface area contributed by atoms with Crippen molar-refractivity contribution in [1.82, 2.24) is 10.4 Å². The first-order valence-electron chi connectivity index (χ1n) is 12.8. The summed E-state index contributed by atoms with van der Waals surface area (Å²) in [6, 6.07) is 24.9. The maximum absolute atomic E-state index is 13.3. The number of hydrogen-bond acceptors (Lipinski definition) is 5. The second kappa shape index (κ2) is 12.3. The van der Waals surface area contributed by atoms with E-state index in [2.05, 4.69) is 15.5 Å². The molecular weight excluding hydrogens is 561 g/mol. The van der Waals surface area contributed by atoms with Crippen molar-refractivity contribution in [2.45, 2.75) is 13.8 Å². The molecule has 0 bridgehead atoms. The second-order valence-electron chi connectivity index (χ2n) is 9.11. The summed E-state index contributed by atoms with van der Waals surface area (Å²) in [5.74, 6) is -0.459. The first kappa shape index (κ1) is 28.0. The number of H-pyrrole nitrogens is 1. The molecular formula is C32H25Cl2N3O4. The smallest absolute Gasteiger partial charge is 0.345 e. The standard InChI is InChI=1S/C32H25Cl2N3O4/c1-3-40-28-17-20(13-15-27(28)41-32(39)22-9-5-7-11-25(22)34)18-35-37-31(38)30-29(21-8-4-6-10-24(21)33)23-16-19(2)12-14-26(23)36-30/h4-18,36H,3H2,1-2H3,(H,37,38). The lowest BCUT2D eigenvalue weighted by Crippen LogP contribution is -2.19. The minimum Gasteiger partial charge on any atom is -0.490 e. The zero-order valence-electron chi connectivity index (χ0n) is 22.2. The molecule has 0 unspecified atom stereocenters. The van der Waals surface area contributed by atoms with Gasteiger partial charge in [0.15, 0.2) is 11.5 Å². The number of carbonyl (C=O) groups is 2. The molecule has 206 valence electrons. The average Bonchev–Trinajstić information content (AvgIpc) is 3.33. The normalized spacial score (nSPS) is 11.1. The number of amides is 1. The molecule has 0 atom stereocenters. The van der Waals surface area contributed by atoms with Crippen molar-refractivity contribution >= 4 is 52.2 Å². The van der Waals surface area contributed by atoms with Crippen LogP contribution < -0.4 is 14.9 Å². The number of nitrogens with zero attached hydrogens (tertiary/aromatic N) is 1. The number of rotatable bonds is 8. The van der Waals surface area contributed by atoms with Gasteiger partial charge in [-0.25, -0.2) is 10.2 Å². The molecule has 7 nitrogen and oxygen atoms in total. The number of carbonyl (C=O) groups excluding carboxylic acids is 2. The van der Waals surface area contributed by atoms with E-state index >= 15 is 0 Å². The summed E-state index contributed by atoms with van der Waals surface area (Å²) in [6.45, 7) is 4.16. The van der Waals surface area contributed by atoms with Gasteiger partial charge in [-0.05, 0) is 67.9 Å². The number of aromatic nitrogens is 1. The molecule has 0 spiro atoms. The minimum atomic E-state index is -0.604. The lowest BCUT2D eigenvalue weighted by molar-refractivity contribution is 0.0728. The third-order valence-electron chi connectivity index (χ3n) is 6.27. The molecule has 1 aromatic heterocycles. The molecule has 5 rings (SSSR count). The predicted octanol–water partition coefficient (Wildman–Crippen LogP) is 7.83. The van der Waals surface area contributed by atoms with E-state index in [-0.39, 0.29) is 16.3 Å². The quantitative estimate of drug-likeness (QED) is 0.0839. The van der Waals surface area contributed by atoms with Gasteiger partial charge in [-0.1, -0.05) is 65.2 Å². The third-order valence-corrected chi connectivity index (χ3v) is 6.93. The number of benzene rings is 4. The van der Waals surface area contributed by atoms with Crippen molar-refractivity contribution in [3.8, 4) is 22.6 Å². The van der Waals surface area contributed by atoms with Crippen molar-refractivity contribution < 1.29 is 19.1 Å². The first-order chi connectivity index (χ1) is 19.9. The highest BCUT2D eigenvalue weighted by Gasteiger charge is 2.21. The van der Waals surface area contributed by atoms with Gasteiger partial charge in [0.1, 0.15) is 5.69 Å². The van der Waals surface area contributed by atoms with Crippen LogP contribution >= 0.6 is 23.2 Å². The summed E-state index contributed by atoms with van der Waals surface area (Å²) >= 11 is 12.6. The number of hydrazone groups is 1. The Balaban J connectivity index is 1.38. The molecule has 9 heteroatoms. The Morgan fingerprint density at radius 1 is 0.927 bits per heavy atom. The zero-order valence-corrected chi connectivity index (χ0v) is 23.7. The van der Waals surface area contributed by atoms with Crippen LogP contribution in [0, 0.1) is 6.92 Å². The molecule has 4 aromatic carbocycles. The fourth-order valence-corrected chi connectivity index (χ4v) is 4.82. The number of nitrogens with one attached hydrogen (secondary N) is 2.